The molecule has 0 spiro atoms. The highest BCUT2D eigenvalue weighted by molar-refractivity contribution is 5.86. The van der Waals surface area contributed by atoms with E-state index in [9.17, 15) is 4.79 Å². The van der Waals surface area contributed by atoms with Crippen LogP contribution in [0.15, 0.2) is 12.5 Å². The van der Waals surface area contributed by atoms with Gasteiger partial charge in [0.25, 0.3) is 0 Å². The molecule has 0 saturated heterocycles. The van der Waals surface area contributed by atoms with Gasteiger partial charge in [-0.2, -0.15) is 5.10 Å². The van der Waals surface area contributed by atoms with E-state index in [2.05, 4.69) is 39.5 Å². The topological polar surface area (TPSA) is 84.7 Å². The molecule has 2 aromatic rings. The van der Waals surface area contributed by atoms with Gasteiger partial charge in [-0.1, -0.05) is 13.8 Å². The standard InChI is InChI=1S/C13H20N6O/c1-9(2)6-15-11(20)4-5-14-12-10-7-18-19(3)13(10)17-8-16-12/h7-9H,4-6H2,1-3H3,(H,15,20)(H,14,16,17). The zero-order valence-corrected chi connectivity index (χ0v) is 12.1. The predicted molar refractivity (Wildman–Crippen MR) is 77.3 cm³/mol. The van der Waals surface area contributed by atoms with E-state index in [1.54, 1.807) is 10.9 Å². The summed E-state index contributed by atoms with van der Waals surface area (Å²) >= 11 is 0. The zero-order chi connectivity index (χ0) is 14.5. The van der Waals surface area contributed by atoms with Crippen molar-refractivity contribution in [3.63, 3.8) is 0 Å². The second-order valence-corrected chi connectivity index (χ2v) is 5.10. The number of hydrogen-bond donors (Lipinski definition) is 2. The molecule has 0 radical (unpaired) electrons. The Morgan fingerprint density at radius 3 is 2.95 bits per heavy atom. The molecule has 0 saturated carbocycles. The van der Waals surface area contributed by atoms with Crippen LogP contribution in [0.5, 0.6) is 0 Å². The third-order valence-corrected chi connectivity index (χ3v) is 2.88. The van der Waals surface area contributed by atoms with E-state index in [0.717, 1.165) is 11.0 Å². The summed E-state index contributed by atoms with van der Waals surface area (Å²) in [5, 5.41) is 11.0. The lowest BCUT2D eigenvalue weighted by molar-refractivity contribution is -0.120. The average Bonchev–Trinajstić information content (AvgIpc) is 2.79. The van der Waals surface area contributed by atoms with Crippen LogP contribution in [-0.4, -0.2) is 38.7 Å². The number of carbonyl (C=O) groups is 1. The lowest BCUT2D eigenvalue weighted by Gasteiger charge is -2.08. The summed E-state index contributed by atoms with van der Waals surface area (Å²) in [7, 11) is 1.83. The van der Waals surface area contributed by atoms with Gasteiger partial charge in [-0.15, -0.1) is 0 Å². The van der Waals surface area contributed by atoms with Gasteiger partial charge < -0.3 is 10.6 Å². The van der Waals surface area contributed by atoms with E-state index in [0.29, 0.717) is 31.2 Å². The van der Waals surface area contributed by atoms with Crippen molar-refractivity contribution in [2.75, 3.05) is 18.4 Å². The maximum absolute atomic E-state index is 11.6. The monoisotopic (exact) mass is 276 g/mol. The Morgan fingerprint density at radius 2 is 2.20 bits per heavy atom. The Hall–Kier alpha value is -2.18. The minimum absolute atomic E-state index is 0.0442. The van der Waals surface area contributed by atoms with Gasteiger partial charge in [0.05, 0.1) is 11.6 Å². The molecule has 20 heavy (non-hydrogen) atoms. The molecule has 0 bridgehead atoms. The molecule has 0 fully saturated rings. The van der Waals surface area contributed by atoms with Crippen LogP contribution in [0.4, 0.5) is 5.82 Å². The molecular weight excluding hydrogens is 256 g/mol. The van der Waals surface area contributed by atoms with Gasteiger partial charge in [0.2, 0.25) is 5.91 Å². The highest BCUT2D eigenvalue weighted by Crippen LogP contribution is 2.17. The van der Waals surface area contributed by atoms with Gasteiger partial charge >= 0.3 is 0 Å². The first kappa shape index (κ1) is 14.2. The highest BCUT2D eigenvalue weighted by Gasteiger charge is 2.08. The molecule has 2 rings (SSSR count). The fourth-order valence-corrected chi connectivity index (χ4v) is 1.80. The summed E-state index contributed by atoms with van der Waals surface area (Å²) in [5.74, 6) is 1.21. The largest absolute Gasteiger partial charge is 0.369 e. The van der Waals surface area contributed by atoms with Crippen LogP contribution in [-0.2, 0) is 11.8 Å². The number of aromatic nitrogens is 4. The van der Waals surface area contributed by atoms with E-state index in [1.165, 1.54) is 6.33 Å². The Balaban J connectivity index is 1.88. The van der Waals surface area contributed by atoms with Crippen LogP contribution in [0.2, 0.25) is 0 Å². The molecule has 0 atom stereocenters. The van der Waals surface area contributed by atoms with Gasteiger partial charge in [0, 0.05) is 26.6 Å². The van der Waals surface area contributed by atoms with Crippen LogP contribution >= 0.6 is 0 Å². The van der Waals surface area contributed by atoms with Crippen molar-refractivity contribution >= 4 is 22.8 Å². The number of fused-ring (bicyclic) bond motifs is 1. The number of hydrogen-bond acceptors (Lipinski definition) is 5. The van der Waals surface area contributed by atoms with Crippen molar-refractivity contribution in [1.82, 2.24) is 25.1 Å². The Morgan fingerprint density at radius 1 is 1.40 bits per heavy atom. The van der Waals surface area contributed by atoms with E-state index in [1.807, 2.05) is 7.05 Å². The van der Waals surface area contributed by atoms with E-state index in [-0.39, 0.29) is 5.91 Å². The SMILES string of the molecule is CC(C)CNC(=O)CCNc1ncnc2c1cnn2C. The van der Waals surface area contributed by atoms with Crippen molar-refractivity contribution in [1.29, 1.82) is 0 Å². The highest BCUT2D eigenvalue weighted by atomic mass is 16.1. The smallest absolute Gasteiger partial charge is 0.221 e. The normalized spacial score (nSPS) is 11.0. The maximum atomic E-state index is 11.6. The first-order chi connectivity index (χ1) is 9.58. The maximum Gasteiger partial charge on any atom is 0.221 e. The molecule has 0 aromatic carbocycles. The second-order valence-electron chi connectivity index (χ2n) is 5.10. The molecule has 7 heteroatoms. The summed E-state index contributed by atoms with van der Waals surface area (Å²) in [6.45, 7) is 5.38. The van der Waals surface area contributed by atoms with Crippen LogP contribution < -0.4 is 10.6 Å². The first-order valence-corrected chi connectivity index (χ1v) is 6.71. The number of carbonyl (C=O) groups excluding carboxylic acids is 1. The molecule has 7 nitrogen and oxygen atoms in total. The van der Waals surface area contributed by atoms with Gasteiger partial charge in [-0.05, 0) is 5.92 Å². The van der Waals surface area contributed by atoms with Crippen LogP contribution in [0, 0.1) is 5.92 Å². The zero-order valence-electron chi connectivity index (χ0n) is 12.1. The van der Waals surface area contributed by atoms with Crippen molar-refractivity contribution in [3.05, 3.63) is 12.5 Å². The summed E-state index contributed by atoms with van der Waals surface area (Å²) in [6, 6.07) is 0. The fraction of sp³-hybridized carbons (Fsp3) is 0.538. The predicted octanol–water partition coefficient (Wildman–Crippen LogP) is 0.937. The molecule has 2 aromatic heterocycles. The van der Waals surface area contributed by atoms with E-state index >= 15 is 0 Å². The third kappa shape index (κ3) is 3.43. The second kappa shape index (κ2) is 6.31. The van der Waals surface area contributed by atoms with Crippen LogP contribution in [0.3, 0.4) is 0 Å². The molecule has 0 unspecified atom stereocenters. The summed E-state index contributed by atoms with van der Waals surface area (Å²) < 4.78 is 1.69. The molecule has 108 valence electrons. The van der Waals surface area contributed by atoms with Crippen LogP contribution in [0.25, 0.3) is 11.0 Å². The number of nitrogens with one attached hydrogen (secondary N) is 2. The average molecular weight is 276 g/mol. The summed E-state index contributed by atoms with van der Waals surface area (Å²) in [4.78, 5) is 20.0. The minimum Gasteiger partial charge on any atom is -0.369 e. The van der Waals surface area contributed by atoms with Gasteiger partial charge in [0.1, 0.15) is 12.1 Å². The van der Waals surface area contributed by atoms with Crippen LogP contribution in [0.1, 0.15) is 20.3 Å². The van der Waals surface area contributed by atoms with Crippen molar-refractivity contribution < 1.29 is 4.79 Å². The number of nitrogens with zero attached hydrogens (tertiary/aromatic N) is 4. The first-order valence-electron chi connectivity index (χ1n) is 6.71. The Kier molecular flexibility index (Phi) is 4.49. The third-order valence-electron chi connectivity index (χ3n) is 2.88. The summed E-state index contributed by atoms with van der Waals surface area (Å²) in [6.07, 6.45) is 3.63. The lowest BCUT2D eigenvalue weighted by atomic mass is 10.2. The van der Waals surface area contributed by atoms with Crippen molar-refractivity contribution in [2.24, 2.45) is 13.0 Å². The van der Waals surface area contributed by atoms with E-state index in [4.69, 9.17) is 0 Å². The quantitative estimate of drug-likeness (QED) is 0.820. The van der Waals surface area contributed by atoms with Gasteiger partial charge in [-0.3, -0.25) is 9.48 Å². The molecular formula is C13H20N6O. The molecule has 0 aliphatic rings. The number of rotatable bonds is 6. The van der Waals surface area contributed by atoms with Crippen molar-refractivity contribution in [2.45, 2.75) is 20.3 Å². The van der Waals surface area contributed by atoms with Crippen molar-refractivity contribution in [3.8, 4) is 0 Å². The Labute approximate surface area is 117 Å². The number of aryl methyl sites for hydroxylation is 1. The molecule has 0 aliphatic heterocycles. The number of amides is 1. The minimum atomic E-state index is 0.0442. The molecule has 0 aliphatic carbocycles. The lowest BCUT2D eigenvalue weighted by Crippen LogP contribution is -2.28. The molecule has 2 heterocycles. The fourth-order valence-electron chi connectivity index (χ4n) is 1.80. The number of anilines is 1. The molecule has 2 N–H and O–H groups in total. The van der Waals surface area contributed by atoms with E-state index < -0.39 is 0 Å². The molecule has 1 amide bonds. The van der Waals surface area contributed by atoms with Gasteiger partial charge in [-0.25, -0.2) is 9.97 Å². The summed E-state index contributed by atoms with van der Waals surface area (Å²) in [5.41, 5.74) is 0.770. The Bertz CT molecular complexity index is 592. The van der Waals surface area contributed by atoms with Gasteiger partial charge in [0.15, 0.2) is 5.65 Å².